The summed E-state index contributed by atoms with van der Waals surface area (Å²) in [5.41, 5.74) is 1.72. The number of carbonyl (C=O) groups excluding carboxylic acids is 2. The maximum absolute atomic E-state index is 13.4. The van der Waals surface area contributed by atoms with E-state index in [0.717, 1.165) is 5.56 Å². The van der Waals surface area contributed by atoms with Crippen LogP contribution in [0.5, 0.6) is 0 Å². The highest BCUT2D eigenvalue weighted by molar-refractivity contribution is 6.01. The average Bonchev–Trinajstić information content (AvgIpc) is 3.03. The molecule has 0 saturated carbocycles. The van der Waals surface area contributed by atoms with Crippen LogP contribution in [0.25, 0.3) is 0 Å². The maximum atomic E-state index is 13.4. The number of rotatable bonds is 8. The maximum Gasteiger partial charge on any atom is 0.319 e. The Morgan fingerprint density at radius 2 is 1.79 bits per heavy atom. The number of esters is 1. The van der Waals surface area contributed by atoms with E-state index in [4.69, 9.17) is 9.47 Å². The summed E-state index contributed by atoms with van der Waals surface area (Å²) in [5.74, 6) is -2.62. The quantitative estimate of drug-likeness (QED) is 0.546. The second-order valence-corrected chi connectivity index (χ2v) is 7.69. The molecule has 154 valence electrons. The first kappa shape index (κ1) is 21.0. The summed E-state index contributed by atoms with van der Waals surface area (Å²) in [6.07, 6.45) is 0. The molecule has 3 atom stereocenters. The summed E-state index contributed by atoms with van der Waals surface area (Å²) < 4.78 is 24.6. The van der Waals surface area contributed by atoms with Crippen molar-refractivity contribution >= 4 is 11.9 Å². The third-order valence-corrected chi connectivity index (χ3v) is 4.88. The van der Waals surface area contributed by atoms with Crippen molar-refractivity contribution in [3.8, 4) is 0 Å². The van der Waals surface area contributed by atoms with Gasteiger partial charge in [-0.3, -0.25) is 9.59 Å². The first-order valence-corrected chi connectivity index (χ1v) is 9.80. The molecule has 0 radical (unpaired) electrons. The molecule has 1 heterocycles. The number of ether oxygens (including phenoxy) is 2. The van der Waals surface area contributed by atoms with Crippen molar-refractivity contribution in [1.82, 2.24) is 5.32 Å². The van der Waals surface area contributed by atoms with Crippen LogP contribution in [-0.2, 0) is 25.7 Å². The number of amides is 1. The molecule has 2 aromatic carbocycles. The second kappa shape index (κ2) is 9.65. The van der Waals surface area contributed by atoms with Gasteiger partial charge in [-0.05, 0) is 29.2 Å². The molecule has 29 heavy (non-hydrogen) atoms. The summed E-state index contributed by atoms with van der Waals surface area (Å²) in [6.45, 7) is 4.73. The van der Waals surface area contributed by atoms with Crippen LogP contribution in [0, 0.1) is 17.7 Å². The number of benzene rings is 2. The number of hydrogen-bond acceptors (Lipinski definition) is 4. The van der Waals surface area contributed by atoms with Crippen LogP contribution in [0.1, 0.15) is 30.9 Å². The van der Waals surface area contributed by atoms with Gasteiger partial charge in [-0.1, -0.05) is 56.3 Å². The SMILES string of the molecule is CC(C)COC(=O)[C@@H]1C(=O)N[C@H](COCc2ccccc2)[C@H]1c1ccc(F)cc1. The highest BCUT2D eigenvalue weighted by atomic mass is 19.1. The van der Waals surface area contributed by atoms with Crippen molar-refractivity contribution in [2.24, 2.45) is 11.8 Å². The molecule has 1 aliphatic heterocycles. The Kier molecular flexibility index (Phi) is 6.99. The lowest BCUT2D eigenvalue weighted by molar-refractivity contribution is -0.152. The zero-order chi connectivity index (χ0) is 20.8. The van der Waals surface area contributed by atoms with Crippen molar-refractivity contribution in [3.05, 3.63) is 71.5 Å². The molecule has 1 fully saturated rings. The van der Waals surface area contributed by atoms with E-state index in [2.05, 4.69) is 5.32 Å². The molecule has 0 unspecified atom stereocenters. The zero-order valence-corrected chi connectivity index (χ0v) is 16.6. The fourth-order valence-corrected chi connectivity index (χ4v) is 3.48. The summed E-state index contributed by atoms with van der Waals surface area (Å²) in [6, 6.07) is 15.2. The van der Waals surface area contributed by atoms with Gasteiger partial charge in [-0.25, -0.2) is 4.39 Å². The Bertz CT molecular complexity index is 823. The van der Waals surface area contributed by atoms with Gasteiger partial charge in [0, 0.05) is 5.92 Å². The van der Waals surface area contributed by atoms with Gasteiger partial charge in [0.05, 0.1) is 25.9 Å². The minimum absolute atomic E-state index is 0.165. The number of halogens is 1. The van der Waals surface area contributed by atoms with E-state index in [1.165, 1.54) is 12.1 Å². The molecule has 6 heteroatoms. The molecular formula is C23H26FNO4. The van der Waals surface area contributed by atoms with E-state index in [0.29, 0.717) is 12.2 Å². The highest BCUT2D eigenvalue weighted by Gasteiger charge is 2.48. The standard InChI is InChI=1S/C23H26FNO4/c1-15(2)12-29-23(27)21-20(17-8-10-18(24)11-9-17)19(25-22(21)26)14-28-13-16-6-4-3-5-7-16/h3-11,15,19-21H,12-14H2,1-2H3,(H,25,26)/t19-,20-,21+/m1/s1. The van der Waals surface area contributed by atoms with E-state index in [-0.39, 0.29) is 30.9 Å². The number of carbonyl (C=O) groups is 2. The number of nitrogens with one attached hydrogen (secondary N) is 1. The highest BCUT2D eigenvalue weighted by Crippen LogP contribution is 2.35. The van der Waals surface area contributed by atoms with E-state index >= 15 is 0 Å². The Hall–Kier alpha value is -2.73. The van der Waals surface area contributed by atoms with Gasteiger partial charge in [-0.2, -0.15) is 0 Å². The minimum atomic E-state index is -0.982. The Morgan fingerprint density at radius 1 is 1.10 bits per heavy atom. The first-order valence-electron chi connectivity index (χ1n) is 9.80. The summed E-state index contributed by atoms with van der Waals surface area (Å²) in [5, 5.41) is 2.86. The molecule has 0 aromatic heterocycles. The third kappa shape index (κ3) is 5.41. The fourth-order valence-electron chi connectivity index (χ4n) is 3.48. The van der Waals surface area contributed by atoms with E-state index in [1.807, 2.05) is 44.2 Å². The molecule has 1 N–H and O–H groups in total. The molecule has 0 spiro atoms. The van der Waals surface area contributed by atoms with Gasteiger partial charge >= 0.3 is 5.97 Å². The molecule has 3 rings (SSSR count). The first-order chi connectivity index (χ1) is 14.0. The fraction of sp³-hybridized carbons (Fsp3) is 0.391. The van der Waals surface area contributed by atoms with Crippen molar-refractivity contribution in [3.63, 3.8) is 0 Å². The minimum Gasteiger partial charge on any atom is -0.465 e. The van der Waals surface area contributed by atoms with Crippen LogP contribution < -0.4 is 5.32 Å². The lowest BCUT2D eigenvalue weighted by Crippen LogP contribution is -2.32. The van der Waals surface area contributed by atoms with Crippen LogP contribution in [0.15, 0.2) is 54.6 Å². The van der Waals surface area contributed by atoms with Crippen LogP contribution in [0.4, 0.5) is 4.39 Å². The molecule has 0 aliphatic carbocycles. The van der Waals surface area contributed by atoms with Crippen LogP contribution >= 0.6 is 0 Å². The Labute approximate surface area is 170 Å². The van der Waals surface area contributed by atoms with Gasteiger partial charge in [0.25, 0.3) is 0 Å². The monoisotopic (exact) mass is 399 g/mol. The van der Waals surface area contributed by atoms with Crippen molar-refractivity contribution in [2.45, 2.75) is 32.4 Å². The number of hydrogen-bond donors (Lipinski definition) is 1. The molecule has 1 amide bonds. The van der Waals surface area contributed by atoms with E-state index in [1.54, 1.807) is 12.1 Å². The van der Waals surface area contributed by atoms with Gasteiger partial charge in [0.15, 0.2) is 0 Å². The second-order valence-electron chi connectivity index (χ2n) is 7.69. The summed E-state index contributed by atoms with van der Waals surface area (Å²) in [7, 11) is 0. The molecule has 5 nitrogen and oxygen atoms in total. The van der Waals surface area contributed by atoms with Gasteiger partial charge in [0.2, 0.25) is 5.91 Å². The van der Waals surface area contributed by atoms with Crippen molar-refractivity contribution in [1.29, 1.82) is 0 Å². The van der Waals surface area contributed by atoms with Crippen LogP contribution in [-0.4, -0.2) is 31.1 Å². The van der Waals surface area contributed by atoms with Gasteiger partial charge in [0.1, 0.15) is 11.7 Å². The van der Waals surface area contributed by atoms with Crippen molar-refractivity contribution in [2.75, 3.05) is 13.2 Å². The predicted octanol–water partition coefficient (Wildman–Crippen LogP) is 3.44. The van der Waals surface area contributed by atoms with Crippen LogP contribution in [0.3, 0.4) is 0 Å². The molecule has 1 saturated heterocycles. The topological polar surface area (TPSA) is 64.6 Å². The van der Waals surface area contributed by atoms with E-state index < -0.39 is 23.8 Å². The molecule has 0 bridgehead atoms. The molecule has 2 aromatic rings. The van der Waals surface area contributed by atoms with Gasteiger partial charge < -0.3 is 14.8 Å². The average molecular weight is 399 g/mol. The smallest absolute Gasteiger partial charge is 0.319 e. The Morgan fingerprint density at radius 3 is 2.45 bits per heavy atom. The van der Waals surface area contributed by atoms with Crippen LogP contribution in [0.2, 0.25) is 0 Å². The lowest BCUT2D eigenvalue weighted by Gasteiger charge is -2.23. The third-order valence-electron chi connectivity index (χ3n) is 4.88. The largest absolute Gasteiger partial charge is 0.465 e. The van der Waals surface area contributed by atoms with E-state index in [9.17, 15) is 14.0 Å². The molecular weight excluding hydrogens is 373 g/mol. The molecule has 1 aliphatic rings. The zero-order valence-electron chi connectivity index (χ0n) is 16.6. The predicted molar refractivity (Wildman–Crippen MR) is 106 cm³/mol. The summed E-state index contributed by atoms with van der Waals surface area (Å²) >= 11 is 0. The Balaban J connectivity index is 1.76. The van der Waals surface area contributed by atoms with Crippen molar-refractivity contribution < 1.29 is 23.5 Å². The van der Waals surface area contributed by atoms with Gasteiger partial charge in [-0.15, -0.1) is 0 Å². The normalized spacial score (nSPS) is 21.2. The summed E-state index contributed by atoms with van der Waals surface area (Å²) in [4.78, 5) is 25.3. The lowest BCUT2D eigenvalue weighted by atomic mass is 9.84.